The van der Waals surface area contributed by atoms with Gasteiger partial charge in [-0.3, -0.25) is 4.79 Å². The average molecular weight is 501 g/mol. The fourth-order valence-electron chi connectivity index (χ4n) is 3.95. The van der Waals surface area contributed by atoms with Gasteiger partial charge in [-0.25, -0.2) is 4.79 Å². The van der Waals surface area contributed by atoms with Crippen LogP contribution in [0.1, 0.15) is 31.9 Å². The predicted octanol–water partition coefficient (Wildman–Crippen LogP) is 4.20. The molecule has 2 amide bonds. The third kappa shape index (κ3) is 4.92. The van der Waals surface area contributed by atoms with Crippen LogP contribution in [0.25, 0.3) is 0 Å². The average Bonchev–Trinajstić information content (AvgIpc) is 2.64. The van der Waals surface area contributed by atoms with Crippen LogP contribution in [0.3, 0.4) is 0 Å². The lowest BCUT2D eigenvalue weighted by Gasteiger charge is -2.55. The van der Waals surface area contributed by atoms with Gasteiger partial charge in [0.25, 0.3) is 0 Å². The minimum absolute atomic E-state index is 0.0620. The van der Waals surface area contributed by atoms with Crippen LogP contribution in [0, 0.1) is 5.41 Å². The number of primary amides is 1. The fourth-order valence-corrected chi connectivity index (χ4v) is 4.14. The van der Waals surface area contributed by atoms with Gasteiger partial charge in [-0.15, -0.1) is 13.2 Å². The van der Waals surface area contributed by atoms with E-state index in [1.54, 1.807) is 32.9 Å². The first-order valence-electron chi connectivity index (χ1n) is 10.2. The number of carbonyl (C=O) groups excluding carboxylic acids is 2. The smallest absolute Gasteiger partial charge is 0.444 e. The highest BCUT2D eigenvalue weighted by Gasteiger charge is 2.64. The van der Waals surface area contributed by atoms with E-state index in [-0.39, 0.29) is 29.2 Å². The van der Waals surface area contributed by atoms with E-state index in [1.807, 2.05) is 0 Å². The third-order valence-electron chi connectivity index (χ3n) is 5.49. The van der Waals surface area contributed by atoms with Gasteiger partial charge in [0.15, 0.2) is 0 Å². The van der Waals surface area contributed by atoms with Gasteiger partial charge in [-0.1, -0.05) is 35.9 Å². The topological polar surface area (TPSA) is 102 Å². The Labute approximate surface area is 199 Å². The lowest BCUT2D eigenvalue weighted by Crippen LogP contribution is -2.72. The number of amides is 2. The number of halogens is 4. The quantitative estimate of drug-likeness (QED) is 0.640. The molecule has 1 saturated heterocycles. The molecule has 11 heteroatoms. The number of ether oxygens (including phenoxy) is 2. The highest BCUT2D eigenvalue weighted by atomic mass is 35.5. The minimum Gasteiger partial charge on any atom is -0.444 e. The van der Waals surface area contributed by atoms with E-state index in [4.69, 9.17) is 22.1 Å². The summed E-state index contributed by atoms with van der Waals surface area (Å²) in [6, 6.07) is 10.4. The molecule has 0 aromatic heterocycles. The third-order valence-corrected chi connectivity index (χ3v) is 5.72. The largest absolute Gasteiger partial charge is 0.573 e. The number of aliphatic hydroxyl groups is 1. The molecule has 1 aliphatic rings. The van der Waals surface area contributed by atoms with E-state index in [9.17, 15) is 27.9 Å². The first-order chi connectivity index (χ1) is 15.6. The molecular weight excluding hydrogens is 477 g/mol. The van der Waals surface area contributed by atoms with Gasteiger partial charge in [-0.2, -0.15) is 0 Å². The molecule has 0 radical (unpaired) electrons. The molecule has 1 heterocycles. The van der Waals surface area contributed by atoms with Gasteiger partial charge in [-0.05, 0) is 56.2 Å². The van der Waals surface area contributed by atoms with Crippen molar-refractivity contribution in [3.8, 4) is 5.75 Å². The molecule has 1 unspecified atom stereocenters. The van der Waals surface area contributed by atoms with Crippen LogP contribution in [0.15, 0.2) is 48.5 Å². The molecule has 1 aliphatic heterocycles. The van der Waals surface area contributed by atoms with Crippen molar-refractivity contribution < 1.29 is 37.3 Å². The second kappa shape index (κ2) is 8.66. The maximum Gasteiger partial charge on any atom is 0.573 e. The van der Waals surface area contributed by atoms with Crippen molar-refractivity contribution in [1.29, 1.82) is 0 Å². The van der Waals surface area contributed by atoms with Crippen molar-refractivity contribution >= 4 is 23.6 Å². The lowest BCUT2D eigenvalue weighted by atomic mass is 9.60. The van der Waals surface area contributed by atoms with Crippen molar-refractivity contribution in [1.82, 2.24) is 4.90 Å². The van der Waals surface area contributed by atoms with E-state index in [0.717, 1.165) is 12.1 Å². The van der Waals surface area contributed by atoms with Gasteiger partial charge < -0.3 is 25.2 Å². The zero-order chi connectivity index (χ0) is 25.5. The molecule has 3 N–H and O–H groups in total. The van der Waals surface area contributed by atoms with E-state index in [2.05, 4.69) is 4.74 Å². The molecule has 7 nitrogen and oxygen atoms in total. The summed E-state index contributed by atoms with van der Waals surface area (Å²) in [6.07, 6.45) is -5.60. The number of likely N-dealkylation sites (tertiary alicyclic amines) is 1. The summed E-state index contributed by atoms with van der Waals surface area (Å²) in [6.45, 7) is 4.46. The normalized spacial score (nSPS) is 17.4. The first kappa shape index (κ1) is 25.6. The number of nitrogens with two attached hydrogens (primary N) is 1. The summed E-state index contributed by atoms with van der Waals surface area (Å²) < 4.78 is 47.0. The Balaban J connectivity index is 2.07. The Bertz CT molecular complexity index is 1080. The molecule has 0 bridgehead atoms. The van der Waals surface area contributed by atoms with Crippen LogP contribution >= 0.6 is 11.6 Å². The summed E-state index contributed by atoms with van der Waals surface area (Å²) in [5.41, 5.74) is 1.33. The summed E-state index contributed by atoms with van der Waals surface area (Å²) >= 11 is 6.12. The predicted molar refractivity (Wildman–Crippen MR) is 117 cm³/mol. The van der Waals surface area contributed by atoms with Crippen molar-refractivity contribution in [3.05, 3.63) is 64.7 Å². The standard InChI is InChI=1S/C23H24ClF3N2O5/c1-20(2,3)34-19(31)29-12-21(13-29,18(28)30)22(32,15-5-4-6-16(24)11-15)14-7-9-17(10-8-14)33-23(25,26)27/h4-11,32H,12-13H2,1-3H3,(H2,28,30). The fraction of sp³-hybridized carbons (Fsp3) is 0.391. The number of benzene rings is 2. The molecule has 34 heavy (non-hydrogen) atoms. The van der Waals surface area contributed by atoms with Crippen molar-refractivity contribution in [2.45, 2.75) is 38.3 Å². The van der Waals surface area contributed by atoms with Crippen molar-refractivity contribution in [2.24, 2.45) is 11.1 Å². The van der Waals surface area contributed by atoms with E-state index in [0.29, 0.717) is 0 Å². The summed E-state index contributed by atoms with van der Waals surface area (Å²) in [7, 11) is 0. The Kier molecular flexibility index (Phi) is 6.53. The van der Waals surface area contributed by atoms with Gasteiger partial charge in [0, 0.05) is 18.1 Å². The van der Waals surface area contributed by atoms with Crippen LogP contribution < -0.4 is 10.5 Å². The maximum absolute atomic E-state index is 12.8. The first-order valence-corrected chi connectivity index (χ1v) is 10.6. The molecule has 2 aromatic carbocycles. The van der Waals surface area contributed by atoms with E-state index in [1.165, 1.54) is 29.2 Å². The van der Waals surface area contributed by atoms with E-state index >= 15 is 0 Å². The monoisotopic (exact) mass is 500 g/mol. The van der Waals surface area contributed by atoms with E-state index < -0.39 is 40.7 Å². The van der Waals surface area contributed by atoms with Crippen LogP contribution in [0.5, 0.6) is 5.75 Å². The maximum atomic E-state index is 12.8. The second-order valence-corrected chi connectivity index (χ2v) is 9.51. The van der Waals surface area contributed by atoms with Crippen molar-refractivity contribution in [2.75, 3.05) is 13.1 Å². The zero-order valence-electron chi connectivity index (χ0n) is 18.6. The Morgan fingerprint density at radius 3 is 2.12 bits per heavy atom. The molecule has 1 atom stereocenters. The summed E-state index contributed by atoms with van der Waals surface area (Å²) in [5.74, 6) is -1.42. The van der Waals surface area contributed by atoms with Gasteiger partial charge in [0.1, 0.15) is 22.4 Å². The van der Waals surface area contributed by atoms with Crippen LogP contribution in [-0.2, 0) is 15.1 Å². The number of nitrogens with zero attached hydrogens (tertiary/aromatic N) is 1. The SMILES string of the molecule is CC(C)(C)OC(=O)N1CC(C(N)=O)(C(O)(c2ccc(OC(F)(F)F)cc2)c2cccc(Cl)c2)C1. The lowest BCUT2D eigenvalue weighted by molar-refractivity contribution is -0.274. The Morgan fingerprint density at radius 1 is 1.06 bits per heavy atom. The molecule has 184 valence electrons. The summed E-state index contributed by atoms with van der Waals surface area (Å²) in [5, 5.41) is 12.3. The zero-order valence-corrected chi connectivity index (χ0v) is 19.4. The Morgan fingerprint density at radius 2 is 1.65 bits per heavy atom. The number of hydrogen-bond acceptors (Lipinski definition) is 5. The molecule has 3 rings (SSSR count). The second-order valence-electron chi connectivity index (χ2n) is 9.08. The van der Waals surface area contributed by atoms with Gasteiger partial charge in [0.2, 0.25) is 5.91 Å². The molecule has 0 aliphatic carbocycles. The molecule has 0 spiro atoms. The van der Waals surface area contributed by atoms with Crippen LogP contribution in [0.4, 0.5) is 18.0 Å². The number of alkyl halides is 3. The molecular formula is C23H24ClF3N2O5. The summed E-state index contributed by atoms with van der Waals surface area (Å²) in [4.78, 5) is 26.5. The van der Waals surface area contributed by atoms with Crippen molar-refractivity contribution in [3.63, 3.8) is 0 Å². The van der Waals surface area contributed by atoms with Crippen LogP contribution in [-0.4, -0.2) is 47.1 Å². The number of rotatable bonds is 5. The van der Waals surface area contributed by atoms with Gasteiger partial charge in [0.05, 0.1) is 0 Å². The number of carbonyl (C=O) groups is 2. The van der Waals surface area contributed by atoms with Crippen LogP contribution in [0.2, 0.25) is 5.02 Å². The molecule has 0 saturated carbocycles. The molecule has 2 aromatic rings. The minimum atomic E-state index is -4.90. The number of hydrogen-bond donors (Lipinski definition) is 2. The highest BCUT2D eigenvalue weighted by molar-refractivity contribution is 6.30. The highest BCUT2D eigenvalue weighted by Crippen LogP contribution is 2.51. The molecule has 1 fully saturated rings. The Hall–Kier alpha value is -2.98. The van der Waals surface area contributed by atoms with Gasteiger partial charge >= 0.3 is 12.5 Å².